The van der Waals surface area contributed by atoms with Gasteiger partial charge in [-0.25, -0.2) is 9.67 Å². The highest BCUT2D eigenvalue weighted by molar-refractivity contribution is 7.13. The molecule has 6 heteroatoms. The fourth-order valence-corrected chi connectivity index (χ4v) is 4.59. The van der Waals surface area contributed by atoms with Gasteiger partial charge >= 0.3 is 0 Å². The molecule has 1 aliphatic heterocycles. The maximum atomic E-state index is 13.5. The molecule has 1 aliphatic rings. The zero-order valence-electron chi connectivity index (χ0n) is 16.1. The van der Waals surface area contributed by atoms with E-state index in [0.29, 0.717) is 12.4 Å². The molecule has 4 aromatic rings. The Morgan fingerprint density at radius 1 is 1.03 bits per heavy atom. The van der Waals surface area contributed by atoms with Gasteiger partial charge in [-0.3, -0.25) is 4.79 Å². The van der Waals surface area contributed by atoms with Crippen LogP contribution in [0, 0.1) is 6.92 Å². The van der Waals surface area contributed by atoms with Crippen molar-refractivity contribution < 1.29 is 4.79 Å². The van der Waals surface area contributed by atoms with E-state index in [4.69, 9.17) is 0 Å². The van der Waals surface area contributed by atoms with Crippen molar-refractivity contribution in [3.8, 4) is 16.4 Å². The maximum absolute atomic E-state index is 13.5. The van der Waals surface area contributed by atoms with Crippen molar-refractivity contribution in [2.45, 2.75) is 19.8 Å². The van der Waals surface area contributed by atoms with E-state index in [2.05, 4.69) is 35.2 Å². The zero-order chi connectivity index (χ0) is 19.8. The number of nitrogens with zero attached hydrogens (tertiary/aromatic N) is 4. The molecule has 0 spiro atoms. The fourth-order valence-electron chi connectivity index (χ4n) is 3.89. The van der Waals surface area contributed by atoms with Crippen molar-refractivity contribution >= 4 is 22.9 Å². The minimum atomic E-state index is -0.146. The van der Waals surface area contributed by atoms with E-state index in [1.165, 1.54) is 5.56 Å². The second-order valence-corrected chi connectivity index (χ2v) is 8.07. The number of hydrogen-bond acceptors (Lipinski definition) is 4. The first-order chi connectivity index (χ1) is 14.2. The Morgan fingerprint density at radius 3 is 2.69 bits per heavy atom. The summed E-state index contributed by atoms with van der Waals surface area (Å²) in [5.74, 6) is 0.776. The number of hydrogen-bond donors (Lipinski definition) is 0. The first-order valence-corrected chi connectivity index (χ1v) is 10.6. The van der Waals surface area contributed by atoms with E-state index in [1.807, 2.05) is 52.7 Å². The third kappa shape index (κ3) is 3.15. The number of carbonyl (C=O) groups excluding carboxylic acids is 1. The van der Waals surface area contributed by atoms with Crippen LogP contribution >= 0.6 is 11.3 Å². The van der Waals surface area contributed by atoms with Gasteiger partial charge in [0.25, 0.3) is 5.91 Å². The molecule has 0 aliphatic carbocycles. The molecule has 5 rings (SSSR count). The second kappa shape index (κ2) is 7.29. The van der Waals surface area contributed by atoms with Crippen LogP contribution in [0.1, 0.15) is 28.2 Å². The summed E-state index contributed by atoms with van der Waals surface area (Å²) in [7, 11) is 0. The van der Waals surface area contributed by atoms with Crippen LogP contribution in [0.4, 0.5) is 5.69 Å². The molecule has 0 radical (unpaired) electrons. The largest absolute Gasteiger partial charge is 0.305 e. The van der Waals surface area contributed by atoms with Gasteiger partial charge in [0, 0.05) is 6.54 Å². The predicted octanol–water partition coefficient (Wildman–Crippen LogP) is 4.90. The highest BCUT2D eigenvalue weighted by Gasteiger charge is 2.29. The number of fused-ring (bicyclic) bond motifs is 1. The van der Waals surface area contributed by atoms with Crippen molar-refractivity contribution in [3.63, 3.8) is 0 Å². The van der Waals surface area contributed by atoms with Gasteiger partial charge in [0.05, 0.1) is 16.3 Å². The number of para-hydroxylation sites is 2. The van der Waals surface area contributed by atoms with Gasteiger partial charge in [-0.1, -0.05) is 42.5 Å². The molecule has 144 valence electrons. The lowest BCUT2D eigenvalue weighted by Crippen LogP contribution is -2.36. The number of anilines is 1. The molecule has 0 bridgehead atoms. The molecule has 0 atom stereocenters. The monoisotopic (exact) mass is 400 g/mol. The maximum Gasteiger partial charge on any atom is 0.297 e. The number of rotatable bonds is 3. The normalized spacial score (nSPS) is 13.3. The number of amides is 1. The summed E-state index contributed by atoms with van der Waals surface area (Å²) in [4.78, 5) is 21.0. The van der Waals surface area contributed by atoms with Crippen LogP contribution in [0.25, 0.3) is 16.4 Å². The van der Waals surface area contributed by atoms with Crippen molar-refractivity contribution in [2.75, 3.05) is 11.4 Å². The van der Waals surface area contributed by atoms with E-state index in [0.717, 1.165) is 34.7 Å². The summed E-state index contributed by atoms with van der Waals surface area (Å²) < 4.78 is 1.77. The number of aromatic nitrogens is 3. The van der Waals surface area contributed by atoms with Crippen molar-refractivity contribution in [3.05, 3.63) is 83.0 Å². The van der Waals surface area contributed by atoms with Crippen LogP contribution in [0.3, 0.4) is 0 Å². The lowest BCUT2D eigenvalue weighted by molar-refractivity contribution is 0.0975. The van der Waals surface area contributed by atoms with Crippen molar-refractivity contribution in [1.82, 2.24) is 14.8 Å². The van der Waals surface area contributed by atoms with Gasteiger partial charge in [0.15, 0.2) is 5.82 Å². The molecule has 0 N–H and O–H groups in total. The lowest BCUT2D eigenvalue weighted by atomic mass is 9.98. The third-order valence-electron chi connectivity index (χ3n) is 5.20. The smallest absolute Gasteiger partial charge is 0.297 e. The van der Waals surface area contributed by atoms with Gasteiger partial charge in [-0.15, -0.1) is 16.4 Å². The highest BCUT2D eigenvalue weighted by atomic mass is 32.1. The third-order valence-corrected chi connectivity index (χ3v) is 6.07. The van der Waals surface area contributed by atoms with E-state index in [1.54, 1.807) is 16.0 Å². The average molecular weight is 401 g/mol. The minimum Gasteiger partial charge on any atom is -0.305 e. The van der Waals surface area contributed by atoms with E-state index in [-0.39, 0.29) is 11.7 Å². The minimum absolute atomic E-state index is 0.146. The van der Waals surface area contributed by atoms with Crippen LogP contribution in [0.15, 0.2) is 66.0 Å². The Labute approximate surface area is 173 Å². The van der Waals surface area contributed by atoms with Crippen LogP contribution in [-0.2, 0) is 6.42 Å². The molecule has 3 heterocycles. The van der Waals surface area contributed by atoms with Gasteiger partial charge in [-0.2, -0.15) is 0 Å². The fraction of sp³-hybridized carbons (Fsp3) is 0.174. The summed E-state index contributed by atoms with van der Waals surface area (Å²) in [5, 5.41) is 6.64. The Balaban J connectivity index is 1.61. The predicted molar refractivity (Wildman–Crippen MR) is 116 cm³/mol. The van der Waals surface area contributed by atoms with Gasteiger partial charge in [0.1, 0.15) is 0 Å². The van der Waals surface area contributed by atoms with Gasteiger partial charge in [0.2, 0.25) is 5.82 Å². The first kappa shape index (κ1) is 17.8. The molecule has 2 aromatic heterocycles. The summed E-state index contributed by atoms with van der Waals surface area (Å²) >= 11 is 1.59. The first-order valence-electron chi connectivity index (χ1n) is 9.69. The van der Waals surface area contributed by atoms with Crippen LogP contribution in [0.5, 0.6) is 0 Å². The molecule has 0 saturated heterocycles. The molecule has 0 saturated carbocycles. The van der Waals surface area contributed by atoms with E-state index < -0.39 is 0 Å². The molecule has 5 nitrogen and oxygen atoms in total. The summed E-state index contributed by atoms with van der Waals surface area (Å²) in [6.45, 7) is 2.74. The highest BCUT2D eigenvalue weighted by Crippen LogP contribution is 2.32. The van der Waals surface area contributed by atoms with Crippen molar-refractivity contribution in [2.24, 2.45) is 0 Å². The number of thiophene rings is 1. The number of carbonyl (C=O) groups is 1. The molecule has 1 amide bonds. The molecular formula is C23H20N4OS. The number of benzene rings is 2. The molecule has 0 unspecified atom stereocenters. The number of aryl methyl sites for hydroxylation is 2. The summed E-state index contributed by atoms with van der Waals surface area (Å²) in [6, 6.07) is 20.0. The lowest BCUT2D eigenvalue weighted by Gasteiger charge is -2.30. The van der Waals surface area contributed by atoms with Crippen LogP contribution in [0.2, 0.25) is 0 Å². The summed E-state index contributed by atoms with van der Waals surface area (Å²) in [5.41, 5.74) is 4.22. The standard InChI is InChI=1S/C23H20N4OS/c1-16-8-5-9-17-10-6-14-26(20(16)17)23(28)21-24-22(19-13-7-15-29-19)27(25-21)18-11-3-2-4-12-18/h2-5,7-9,11-13,15H,6,10,14H2,1H3. The van der Waals surface area contributed by atoms with Gasteiger partial charge in [-0.05, 0) is 54.5 Å². The Hall–Kier alpha value is -3.25. The Kier molecular flexibility index (Phi) is 4.48. The molecule has 29 heavy (non-hydrogen) atoms. The Bertz CT molecular complexity index is 1170. The van der Waals surface area contributed by atoms with E-state index in [9.17, 15) is 4.79 Å². The SMILES string of the molecule is Cc1cccc2c1N(C(=O)c1nc(-c3cccs3)n(-c3ccccc3)n1)CCC2. The van der Waals surface area contributed by atoms with E-state index >= 15 is 0 Å². The molecule has 0 fully saturated rings. The average Bonchev–Trinajstić information content (AvgIpc) is 3.43. The molecular weight excluding hydrogens is 380 g/mol. The van der Waals surface area contributed by atoms with Gasteiger partial charge < -0.3 is 4.90 Å². The second-order valence-electron chi connectivity index (χ2n) is 7.13. The van der Waals surface area contributed by atoms with Crippen LogP contribution in [-0.4, -0.2) is 27.2 Å². The quantitative estimate of drug-likeness (QED) is 0.492. The zero-order valence-corrected chi connectivity index (χ0v) is 16.9. The van der Waals surface area contributed by atoms with Crippen molar-refractivity contribution in [1.29, 1.82) is 0 Å². The Morgan fingerprint density at radius 2 is 1.90 bits per heavy atom. The topological polar surface area (TPSA) is 51.0 Å². The summed E-state index contributed by atoms with van der Waals surface area (Å²) in [6.07, 6.45) is 1.94. The molecule has 2 aromatic carbocycles. The van der Waals surface area contributed by atoms with Crippen LogP contribution < -0.4 is 4.90 Å².